The largest absolute Gasteiger partial charge is 0.397 e. The van der Waals surface area contributed by atoms with Crippen LogP contribution in [0.25, 0.3) is 0 Å². The Hall–Kier alpha value is -0.940. The van der Waals surface area contributed by atoms with Crippen LogP contribution in [0.4, 0.5) is 11.4 Å². The first-order chi connectivity index (χ1) is 7.38. The number of nitrogens with zero attached hydrogens (tertiary/aromatic N) is 1. The van der Waals surface area contributed by atoms with E-state index in [2.05, 4.69) is 0 Å². The summed E-state index contributed by atoms with van der Waals surface area (Å²) < 4.78 is 24.8. The van der Waals surface area contributed by atoms with Crippen LogP contribution < -0.4 is 10.0 Å². The molecule has 0 atom stereocenters. The molecular weight excluding hydrogens is 248 g/mol. The van der Waals surface area contributed by atoms with E-state index in [1.54, 1.807) is 18.2 Å². The van der Waals surface area contributed by atoms with Gasteiger partial charge in [-0.1, -0.05) is 18.5 Å². The normalized spacial score (nSPS) is 11.4. The van der Waals surface area contributed by atoms with Crippen LogP contribution in [0.15, 0.2) is 18.2 Å². The van der Waals surface area contributed by atoms with Crippen LogP contribution in [-0.4, -0.2) is 21.2 Å². The molecule has 1 rings (SSSR count). The Morgan fingerprint density at radius 2 is 2.06 bits per heavy atom. The number of hydrogen-bond acceptors (Lipinski definition) is 3. The quantitative estimate of drug-likeness (QED) is 0.845. The molecule has 0 fully saturated rings. The average molecular weight is 263 g/mol. The molecule has 0 heterocycles. The van der Waals surface area contributed by atoms with Gasteiger partial charge in [0, 0.05) is 7.05 Å². The number of halogens is 1. The van der Waals surface area contributed by atoms with Crippen LogP contribution in [0, 0.1) is 0 Å². The molecular formula is C10H15ClN2O2S. The predicted octanol–water partition coefficient (Wildman–Crippen LogP) is 2.10. The number of nitrogen functional groups attached to an aromatic ring is 1. The summed E-state index contributed by atoms with van der Waals surface area (Å²) in [5, 5.41) is 0.421. The van der Waals surface area contributed by atoms with Crippen LogP contribution in [0.3, 0.4) is 0 Å². The summed E-state index contributed by atoms with van der Waals surface area (Å²) >= 11 is 5.77. The number of anilines is 2. The van der Waals surface area contributed by atoms with Gasteiger partial charge in [-0.3, -0.25) is 4.31 Å². The van der Waals surface area contributed by atoms with Crippen molar-refractivity contribution in [2.24, 2.45) is 0 Å². The maximum Gasteiger partial charge on any atom is 0.234 e. The zero-order valence-electron chi connectivity index (χ0n) is 9.27. The summed E-state index contributed by atoms with van der Waals surface area (Å²) in [5.74, 6) is 0.117. The topological polar surface area (TPSA) is 63.4 Å². The Labute approximate surface area is 101 Å². The Morgan fingerprint density at radius 3 is 2.56 bits per heavy atom. The van der Waals surface area contributed by atoms with Crippen molar-refractivity contribution < 1.29 is 8.42 Å². The first-order valence-electron chi connectivity index (χ1n) is 4.90. The molecule has 0 radical (unpaired) electrons. The molecule has 0 aliphatic heterocycles. The van der Waals surface area contributed by atoms with Crippen LogP contribution in [0.5, 0.6) is 0 Å². The van der Waals surface area contributed by atoms with E-state index in [9.17, 15) is 8.42 Å². The number of hydrogen-bond donors (Lipinski definition) is 1. The zero-order chi connectivity index (χ0) is 12.3. The molecule has 0 aliphatic carbocycles. The summed E-state index contributed by atoms with van der Waals surface area (Å²) in [4.78, 5) is 0. The van der Waals surface area contributed by atoms with Crippen LogP contribution in [0.1, 0.15) is 13.3 Å². The maximum atomic E-state index is 11.8. The zero-order valence-corrected chi connectivity index (χ0v) is 10.8. The van der Waals surface area contributed by atoms with E-state index in [0.29, 0.717) is 22.8 Å². The number of nitrogens with two attached hydrogens (primary N) is 1. The van der Waals surface area contributed by atoms with Gasteiger partial charge in [0.15, 0.2) is 0 Å². The number of sulfonamides is 1. The van der Waals surface area contributed by atoms with Crippen molar-refractivity contribution >= 4 is 33.0 Å². The van der Waals surface area contributed by atoms with Gasteiger partial charge in [-0.15, -0.1) is 0 Å². The summed E-state index contributed by atoms with van der Waals surface area (Å²) in [6.45, 7) is 1.82. The molecule has 0 spiro atoms. The smallest absolute Gasteiger partial charge is 0.234 e. The van der Waals surface area contributed by atoms with Crippen LogP contribution in [-0.2, 0) is 10.0 Å². The second-order valence-electron chi connectivity index (χ2n) is 3.49. The van der Waals surface area contributed by atoms with Gasteiger partial charge < -0.3 is 5.73 Å². The monoisotopic (exact) mass is 262 g/mol. The van der Waals surface area contributed by atoms with E-state index in [1.807, 2.05) is 6.92 Å². The summed E-state index contributed by atoms with van der Waals surface area (Å²) in [5.41, 5.74) is 6.52. The summed E-state index contributed by atoms with van der Waals surface area (Å²) in [6.07, 6.45) is 0.579. The van der Waals surface area contributed by atoms with Gasteiger partial charge in [-0.25, -0.2) is 8.42 Å². The fraction of sp³-hybridized carbons (Fsp3) is 0.400. The molecule has 90 valence electrons. The minimum absolute atomic E-state index is 0.117. The van der Waals surface area contributed by atoms with E-state index in [1.165, 1.54) is 11.4 Å². The van der Waals surface area contributed by atoms with Crippen LogP contribution in [0.2, 0.25) is 5.02 Å². The van der Waals surface area contributed by atoms with Gasteiger partial charge in [0.2, 0.25) is 10.0 Å². The second kappa shape index (κ2) is 4.93. The third-order valence-corrected chi connectivity index (χ3v) is 4.54. The molecule has 0 unspecified atom stereocenters. The lowest BCUT2D eigenvalue weighted by Gasteiger charge is -2.19. The van der Waals surface area contributed by atoms with E-state index in [4.69, 9.17) is 17.3 Å². The highest BCUT2D eigenvalue weighted by molar-refractivity contribution is 7.92. The molecule has 4 nitrogen and oxygen atoms in total. The van der Waals surface area contributed by atoms with Crippen molar-refractivity contribution in [3.8, 4) is 0 Å². The van der Waals surface area contributed by atoms with E-state index >= 15 is 0 Å². The van der Waals surface area contributed by atoms with Crippen LogP contribution >= 0.6 is 11.6 Å². The van der Waals surface area contributed by atoms with Crippen molar-refractivity contribution in [3.63, 3.8) is 0 Å². The van der Waals surface area contributed by atoms with Crippen molar-refractivity contribution in [2.75, 3.05) is 22.8 Å². The molecule has 0 amide bonds. The van der Waals surface area contributed by atoms with Gasteiger partial charge in [0.05, 0.1) is 22.2 Å². The standard InChI is InChI=1S/C10H15ClN2O2S/c1-3-6-16(14,15)13(2)8-4-5-9(11)10(12)7-8/h4-5,7H,3,6,12H2,1-2H3. The van der Waals surface area contributed by atoms with Gasteiger partial charge in [0.25, 0.3) is 0 Å². The minimum Gasteiger partial charge on any atom is -0.397 e. The molecule has 0 saturated carbocycles. The maximum absolute atomic E-state index is 11.8. The predicted molar refractivity (Wildman–Crippen MR) is 68.3 cm³/mol. The fourth-order valence-corrected chi connectivity index (χ4v) is 2.62. The molecule has 16 heavy (non-hydrogen) atoms. The van der Waals surface area contributed by atoms with Crippen molar-refractivity contribution in [1.29, 1.82) is 0 Å². The highest BCUT2D eigenvalue weighted by Gasteiger charge is 2.17. The van der Waals surface area contributed by atoms with E-state index in [0.717, 1.165) is 0 Å². The highest BCUT2D eigenvalue weighted by atomic mass is 35.5. The minimum atomic E-state index is -3.26. The Balaban J connectivity index is 3.05. The van der Waals surface area contributed by atoms with Gasteiger partial charge in [-0.2, -0.15) is 0 Å². The second-order valence-corrected chi connectivity index (χ2v) is 6.02. The number of rotatable bonds is 4. The lowest BCUT2D eigenvalue weighted by atomic mass is 10.3. The lowest BCUT2D eigenvalue weighted by molar-refractivity contribution is 0.593. The Bertz CT molecular complexity index is 474. The first-order valence-corrected chi connectivity index (χ1v) is 6.89. The van der Waals surface area contributed by atoms with E-state index < -0.39 is 10.0 Å². The van der Waals surface area contributed by atoms with E-state index in [-0.39, 0.29) is 5.75 Å². The van der Waals surface area contributed by atoms with Gasteiger partial charge in [-0.05, 0) is 24.6 Å². The average Bonchev–Trinajstić information content (AvgIpc) is 2.21. The van der Waals surface area contributed by atoms with Gasteiger partial charge in [0.1, 0.15) is 0 Å². The number of benzene rings is 1. The molecule has 0 aromatic heterocycles. The Kier molecular flexibility index (Phi) is 4.04. The van der Waals surface area contributed by atoms with Gasteiger partial charge >= 0.3 is 0 Å². The summed E-state index contributed by atoms with van der Waals surface area (Å²) in [6, 6.07) is 4.77. The van der Waals surface area contributed by atoms with Crippen molar-refractivity contribution in [2.45, 2.75) is 13.3 Å². The fourth-order valence-electron chi connectivity index (χ4n) is 1.28. The first kappa shape index (κ1) is 13.1. The molecule has 1 aromatic rings. The molecule has 1 aromatic carbocycles. The SMILES string of the molecule is CCCS(=O)(=O)N(C)c1ccc(Cl)c(N)c1. The molecule has 2 N–H and O–H groups in total. The third kappa shape index (κ3) is 2.80. The molecule has 0 aliphatic rings. The van der Waals surface area contributed by atoms with Crippen molar-refractivity contribution in [1.82, 2.24) is 0 Å². The lowest BCUT2D eigenvalue weighted by Crippen LogP contribution is -2.28. The third-order valence-electron chi connectivity index (χ3n) is 2.22. The summed E-state index contributed by atoms with van der Waals surface area (Å²) in [7, 11) is -1.75. The molecule has 0 saturated heterocycles. The molecule has 0 bridgehead atoms. The highest BCUT2D eigenvalue weighted by Crippen LogP contribution is 2.25. The molecule has 6 heteroatoms. The van der Waals surface area contributed by atoms with Crippen molar-refractivity contribution in [3.05, 3.63) is 23.2 Å². The Morgan fingerprint density at radius 1 is 1.44 bits per heavy atom.